The smallest absolute Gasteiger partial charge is 0.0573 e. The lowest BCUT2D eigenvalue weighted by molar-refractivity contribution is -0.0880. The van der Waals surface area contributed by atoms with Gasteiger partial charge in [0.25, 0.3) is 0 Å². The van der Waals surface area contributed by atoms with E-state index in [0.29, 0.717) is 11.3 Å². The lowest BCUT2D eigenvalue weighted by atomic mass is 9.48. The summed E-state index contributed by atoms with van der Waals surface area (Å²) in [5.41, 5.74) is 0.554. The Morgan fingerprint density at radius 1 is 0.810 bits per heavy atom. The minimum Gasteiger partial charge on any atom is -0.393 e. The van der Waals surface area contributed by atoms with Crippen molar-refractivity contribution in [2.75, 3.05) is 0 Å². The van der Waals surface area contributed by atoms with Crippen LogP contribution in [0.1, 0.15) is 78.1 Å². The Morgan fingerprint density at radius 3 is 1.76 bits per heavy atom. The Kier molecular flexibility index (Phi) is 3.64. The molecular weight excluding hydrogens is 256 g/mol. The Bertz CT molecular complexity index is 342. The zero-order chi connectivity index (χ0) is 14.6. The molecule has 5 rings (SSSR count). The molecule has 1 heteroatoms. The Balaban J connectivity index is 1.43. The number of hydrogen-bond donors (Lipinski definition) is 1. The first-order valence-electron chi connectivity index (χ1n) is 9.69. The van der Waals surface area contributed by atoms with Crippen molar-refractivity contribution >= 4 is 0 Å². The van der Waals surface area contributed by atoms with E-state index < -0.39 is 0 Å². The van der Waals surface area contributed by atoms with Gasteiger partial charge in [-0.15, -0.1) is 0 Å². The third-order valence-corrected chi connectivity index (χ3v) is 7.57. The molecule has 3 unspecified atom stereocenters. The number of aliphatic hydroxyl groups is 1. The van der Waals surface area contributed by atoms with Crippen LogP contribution >= 0.6 is 0 Å². The summed E-state index contributed by atoms with van der Waals surface area (Å²) in [6, 6.07) is 0. The first-order valence-corrected chi connectivity index (χ1v) is 9.69. The van der Waals surface area contributed by atoms with Crippen LogP contribution in [0.25, 0.3) is 0 Å². The van der Waals surface area contributed by atoms with Crippen molar-refractivity contribution in [3.63, 3.8) is 0 Å². The molecule has 4 bridgehead atoms. The zero-order valence-electron chi connectivity index (χ0n) is 14.1. The highest BCUT2D eigenvalue weighted by molar-refractivity contribution is 5.02. The van der Waals surface area contributed by atoms with Crippen molar-refractivity contribution in [1.82, 2.24) is 0 Å². The van der Waals surface area contributed by atoms with Gasteiger partial charge in [-0.25, -0.2) is 0 Å². The third-order valence-electron chi connectivity index (χ3n) is 7.57. The molecule has 0 amide bonds. The zero-order valence-corrected chi connectivity index (χ0v) is 14.1. The van der Waals surface area contributed by atoms with Crippen LogP contribution in [-0.4, -0.2) is 11.2 Å². The van der Waals surface area contributed by atoms with Gasteiger partial charge in [0.2, 0.25) is 0 Å². The largest absolute Gasteiger partial charge is 0.393 e. The fourth-order valence-corrected chi connectivity index (χ4v) is 7.47. The quantitative estimate of drug-likeness (QED) is 0.773. The monoisotopic (exact) mass is 290 g/mol. The van der Waals surface area contributed by atoms with E-state index in [9.17, 15) is 5.11 Å². The highest BCUT2D eigenvalue weighted by atomic mass is 16.3. The molecule has 0 spiro atoms. The van der Waals surface area contributed by atoms with E-state index in [1.807, 2.05) is 0 Å². The molecule has 0 heterocycles. The fourth-order valence-electron chi connectivity index (χ4n) is 7.47. The fraction of sp³-hybridized carbons (Fsp3) is 1.00. The summed E-state index contributed by atoms with van der Waals surface area (Å²) in [4.78, 5) is 0. The molecule has 1 nitrogen and oxygen atoms in total. The lowest BCUT2D eigenvalue weighted by Gasteiger charge is -2.58. The summed E-state index contributed by atoms with van der Waals surface area (Å²) >= 11 is 0. The van der Waals surface area contributed by atoms with Crippen molar-refractivity contribution < 1.29 is 5.11 Å². The Hall–Kier alpha value is -0.0400. The van der Waals surface area contributed by atoms with E-state index in [-0.39, 0.29) is 6.10 Å². The summed E-state index contributed by atoms with van der Waals surface area (Å²) in [5.74, 6) is 5.30. The van der Waals surface area contributed by atoms with Gasteiger partial charge in [0.05, 0.1) is 6.10 Å². The minimum atomic E-state index is -0.00792. The lowest BCUT2D eigenvalue weighted by Crippen LogP contribution is -2.48. The number of hydrogen-bond acceptors (Lipinski definition) is 1. The van der Waals surface area contributed by atoms with Gasteiger partial charge < -0.3 is 5.11 Å². The first kappa shape index (κ1) is 14.5. The predicted octanol–water partition coefficient (Wildman–Crippen LogP) is 5.03. The SMILES string of the molecule is CC1CC(C)CC(C(O)CC23CC4CC(CC(C4)C2)C3)C1. The van der Waals surface area contributed by atoms with E-state index >= 15 is 0 Å². The van der Waals surface area contributed by atoms with Crippen LogP contribution in [0.15, 0.2) is 0 Å². The van der Waals surface area contributed by atoms with Gasteiger partial charge in [0.15, 0.2) is 0 Å². The summed E-state index contributed by atoms with van der Waals surface area (Å²) in [6.07, 6.45) is 14.0. The molecule has 1 N–H and O–H groups in total. The molecule has 5 fully saturated rings. The average molecular weight is 290 g/mol. The molecule has 3 atom stereocenters. The topological polar surface area (TPSA) is 20.2 Å². The molecule has 120 valence electrons. The molecule has 0 aliphatic heterocycles. The average Bonchev–Trinajstić information content (AvgIpc) is 2.35. The van der Waals surface area contributed by atoms with Gasteiger partial charge in [0, 0.05) is 0 Å². The summed E-state index contributed by atoms with van der Waals surface area (Å²) in [7, 11) is 0. The van der Waals surface area contributed by atoms with Gasteiger partial charge >= 0.3 is 0 Å². The van der Waals surface area contributed by atoms with E-state index in [0.717, 1.165) is 36.0 Å². The second-order valence-electron chi connectivity index (χ2n) is 9.87. The highest BCUT2D eigenvalue weighted by Gasteiger charge is 2.51. The predicted molar refractivity (Wildman–Crippen MR) is 86.9 cm³/mol. The number of aliphatic hydroxyl groups excluding tert-OH is 1. The summed E-state index contributed by atoms with van der Waals surface area (Å²) < 4.78 is 0. The maximum absolute atomic E-state index is 11.0. The molecular formula is C20H34O. The van der Waals surface area contributed by atoms with Crippen molar-refractivity contribution in [1.29, 1.82) is 0 Å². The Labute approximate surface area is 130 Å². The standard InChI is InChI=1S/C20H34O/c1-13-3-14(2)5-18(4-13)19(21)12-20-9-15-6-16(10-20)8-17(7-15)11-20/h13-19,21H,3-12H2,1-2H3. The number of rotatable bonds is 3. The normalized spacial score (nSPS) is 53.9. The van der Waals surface area contributed by atoms with Gasteiger partial charge in [0.1, 0.15) is 0 Å². The molecule has 5 saturated carbocycles. The van der Waals surface area contributed by atoms with E-state index in [1.165, 1.54) is 57.8 Å². The minimum absolute atomic E-state index is 0.00792. The molecule has 0 aromatic rings. The van der Waals surface area contributed by atoms with Crippen LogP contribution in [0.3, 0.4) is 0 Å². The molecule has 21 heavy (non-hydrogen) atoms. The van der Waals surface area contributed by atoms with Gasteiger partial charge in [-0.1, -0.05) is 13.8 Å². The van der Waals surface area contributed by atoms with Crippen LogP contribution in [0.5, 0.6) is 0 Å². The summed E-state index contributed by atoms with van der Waals surface area (Å²) in [5, 5.41) is 11.0. The van der Waals surface area contributed by atoms with E-state index in [4.69, 9.17) is 0 Å². The molecule has 0 radical (unpaired) electrons. The molecule has 0 aromatic heterocycles. The van der Waals surface area contributed by atoms with Gasteiger partial charge in [-0.05, 0) is 105 Å². The molecule has 0 saturated heterocycles. The molecule has 0 aromatic carbocycles. The second-order valence-corrected chi connectivity index (χ2v) is 9.87. The molecule has 5 aliphatic carbocycles. The third kappa shape index (κ3) is 2.80. The van der Waals surface area contributed by atoms with Gasteiger partial charge in [-0.2, -0.15) is 0 Å². The van der Waals surface area contributed by atoms with Crippen molar-refractivity contribution in [2.45, 2.75) is 84.2 Å². The first-order chi connectivity index (χ1) is 10.0. The highest BCUT2D eigenvalue weighted by Crippen LogP contribution is 2.62. The van der Waals surface area contributed by atoms with Crippen LogP contribution in [-0.2, 0) is 0 Å². The van der Waals surface area contributed by atoms with Crippen molar-refractivity contribution in [2.24, 2.45) is 40.9 Å². The summed E-state index contributed by atoms with van der Waals surface area (Å²) in [6.45, 7) is 4.78. The maximum atomic E-state index is 11.0. The Morgan fingerprint density at radius 2 is 1.29 bits per heavy atom. The second kappa shape index (κ2) is 5.25. The van der Waals surface area contributed by atoms with Crippen LogP contribution in [0.4, 0.5) is 0 Å². The van der Waals surface area contributed by atoms with Crippen LogP contribution < -0.4 is 0 Å². The van der Waals surface area contributed by atoms with Crippen molar-refractivity contribution in [3.05, 3.63) is 0 Å². The molecule has 5 aliphatic rings. The van der Waals surface area contributed by atoms with Crippen LogP contribution in [0, 0.1) is 40.9 Å². The van der Waals surface area contributed by atoms with Gasteiger partial charge in [-0.3, -0.25) is 0 Å². The van der Waals surface area contributed by atoms with E-state index in [2.05, 4.69) is 13.8 Å². The maximum Gasteiger partial charge on any atom is 0.0573 e. The van der Waals surface area contributed by atoms with Crippen LogP contribution in [0.2, 0.25) is 0 Å². The van der Waals surface area contributed by atoms with E-state index in [1.54, 1.807) is 0 Å². The van der Waals surface area contributed by atoms with Crippen molar-refractivity contribution in [3.8, 4) is 0 Å².